The molecule has 0 aliphatic rings. The molecule has 0 saturated heterocycles. The molecule has 1 aromatic heterocycles. The predicted molar refractivity (Wildman–Crippen MR) is 58.4 cm³/mol. The number of nitrogens with zero attached hydrogens (tertiary/aromatic N) is 1. The van der Waals surface area contributed by atoms with Crippen molar-refractivity contribution in [3.8, 4) is 0 Å². The summed E-state index contributed by atoms with van der Waals surface area (Å²) < 4.78 is 65.5. The summed E-state index contributed by atoms with van der Waals surface area (Å²) in [6.45, 7) is 4.33. The Hall–Kier alpha value is -0.210. The van der Waals surface area contributed by atoms with Gasteiger partial charge in [-0.1, -0.05) is 10.3 Å². The molecule has 0 unspecified atom stereocenters. The fourth-order valence-corrected chi connectivity index (χ4v) is 3.97. The van der Waals surface area contributed by atoms with Crippen molar-refractivity contribution >= 4 is 20.7 Å². The molecule has 0 aliphatic heterocycles. The molecule has 0 aromatic carbocycles. The fourth-order valence-electron chi connectivity index (χ4n) is 1.25. The van der Waals surface area contributed by atoms with Crippen LogP contribution in [0.5, 0.6) is 0 Å². The maximum absolute atomic E-state index is 13.7. The van der Waals surface area contributed by atoms with Gasteiger partial charge in [0.1, 0.15) is 18.0 Å². The lowest BCUT2D eigenvalue weighted by Crippen LogP contribution is -3.00. The van der Waals surface area contributed by atoms with E-state index in [1.807, 2.05) is 0 Å². The van der Waals surface area contributed by atoms with E-state index in [2.05, 4.69) is 0 Å². The smallest absolute Gasteiger partial charge is 0.345 e. The van der Waals surface area contributed by atoms with E-state index in [1.54, 1.807) is 13.8 Å². The Bertz CT molecular complexity index is 448. The van der Waals surface area contributed by atoms with Gasteiger partial charge in [0.15, 0.2) is 0 Å². The van der Waals surface area contributed by atoms with Crippen LogP contribution in [0.15, 0.2) is 0 Å². The van der Waals surface area contributed by atoms with Crippen molar-refractivity contribution in [1.82, 2.24) is 4.58 Å². The van der Waals surface area contributed by atoms with Crippen LogP contribution in [-0.2, 0) is 5.92 Å². The molecule has 1 aromatic rings. The van der Waals surface area contributed by atoms with Crippen molar-refractivity contribution in [3.05, 3.63) is 15.4 Å². The number of hydrogen-bond acceptors (Lipinski definition) is 2. The van der Waals surface area contributed by atoms with Gasteiger partial charge in [0, 0.05) is 0 Å². The van der Waals surface area contributed by atoms with E-state index < -0.39 is 23.0 Å². The highest BCUT2D eigenvalue weighted by Crippen LogP contribution is 2.38. The quantitative estimate of drug-likeness (QED) is 0.420. The second-order valence-electron chi connectivity index (χ2n) is 3.21. The summed E-state index contributed by atoms with van der Waals surface area (Å²) in [5, 5.41) is 0. The minimum atomic E-state index is -4.42. The van der Waals surface area contributed by atoms with Crippen LogP contribution in [0.4, 0.5) is 22.0 Å². The minimum Gasteiger partial charge on any atom is -1.00 e. The van der Waals surface area contributed by atoms with Crippen LogP contribution in [0.3, 0.4) is 0 Å². The first-order valence-electron chi connectivity index (χ1n) is 4.89. The molecule has 0 saturated carbocycles. The van der Waals surface area contributed by atoms with Crippen LogP contribution in [0.2, 0.25) is 0 Å². The second-order valence-corrected chi connectivity index (χ2v) is 5.34. The molecule has 0 atom stereocenters. The standard InChI is InChI=1S/C9H11F5NS2.ClH/c1-3-15(4-2)7-5(10)6(16-17-7)9(13,14)8(11)12;/h8H,3-4H2,1-2H3;1H/q+1;/p-1. The van der Waals surface area contributed by atoms with E-state index in [0.29, 0.717) is 23.4 Å². The zero-order valence-electron chi connectivity index (χ0n) is 9.52. The molecule has 0 fully saturated rings. The van der Waals surface area contributed by atoms with Crippen LogP contribution in [0.1, 0.15) is 18.7 Å². The molecular formula is C9H11ClF5NS2. The Balaban J connectivity index is 0.00000289. The van der Waals surface area contributed by atoms with Crippen molar-refractivity contribution in [1.29, 1.82) is 0 Å². The van der Waals surface area contributed by atoms with Crippen LogP contribution >= 0.6 is 20.7 Å². The Morgan fingerprint density at radius 3 is 2.06 bits per heavy atom. The molecule has 1 heterocycles. The molecule has 18 heavy (non-hydrogen) atoms. The van der Waals surface area contributed by atoms with Gasteiger partial charge >= 0.3 is 17.0 Å². The van der Waals surface area contributed by atoms with Gasteiger partial charge in [-0.15, -0.1) is 0 Å². The summed E-state index contributed by atoms with van der Waals surface area (Å²) in [5.41, 5.74) is 0. The number of halogens is 6. The first-order valence-corrected chi connectivity index (χ1v) is 7.04. The van der Waals surface area contributed by atoms with Crippen LogP contribution in [0.25, 0.3) is 0 Å². The van der Waals surface area contributed by atoms with E-state index in [9.17, 15) is 22.0 Å². The number of alkyl halides is 4. The first-order chi connectivity index (χ1) is 7.86. The summed E-state index contributed by atoms with van der Waals surface area (Å²) in [5.74, 6) is -5.65. The molecule has 0 aliphatic carbocycles. The van der Waals surface area contributed by atoms with Crippen molar-refractivity contribution in [2.75, 3.05) is 13.1 Å². The Kier molecular flexibility index (Phi) is 6.73. The summed E-state index contributed by atoms with van der Waals surface area (Å²) in [7, 11) is 1.12. The highest BCUT2D eigenvalue weighted by molar-refractivity contribution is 7.68. The third kappa shape index (κ3) is 3.21. The minimum absolute atomic E-state index is 0. The molecule has 0 radical (unpaired) electrons. The van der Waals surface area contributed by atoms with Crippen molar-refractivity contribution in [2.24, 2.45) is 0 Å². The van der Waals surface area contributed by atoms with Gasteiger partial charge < -0.3 is 12.4 Å². The normalized spacial score (nSPS) is 11.6. The summed E-state index contributed by atoms with van der Waals surface area (Å²) >= 11 is 0. The Labute approximate surface area is 114 Å². The van der Waals surface area contributed by atoms with Crippen molar-refractivity contribution < 1.29 is 34.4 Å². The zero-order valence-corrected chi connectivity index (χ0v) is 11.9. The van der Waals surface area contributed by atoms with Gasteiger partial charge in [-0.05, 0) is 24.2 Å². The third-order valence-electron chi connectivity index (χ3n) is 2.22. The Morgan fingerprint density at radius 2 is 1.67 bits per heavy atom. The van der Waals surface area contributed by atoms with E-state index in [0.717, 1.165) is 10.3 Å². The van der Waals surface area contributed by atoms with Crippen LogP contribution < -0.4 is 21.7 Å². The number of rotatable bonds is 4. The van der Waals surface area contributed by atoms with E-state index in [-0.39, 0.29) is 17.1 Å². The van der Waals surface area contributed by atoms with Gasteiger partial charge in [-0.2, -0.15) is 13.2 Å². The van der Waals surface area contributed by atoms with Crippen LogP contribution in [-0.4, -0.2) is 19.5 Å². The highest BCUT2D eigenvalue weighted by atomic mass is 35.5. The van der Waals surface area contributed by atoms with Crippen molar-refractivity contribution in [3.63, 3.8) is 0 Å². The molecule has 1 nitrogen and oxygen atoms in total. The predicted octanol–water partition coefficient (Wildman–Crippen LogP) is 0.122. The lowest BCUT2D eigenvalue weighted by atomic mass is 10.3. The average Bonchev–Trinajstić information content (AvgIpc) is 2.63. The molecular weight excluding hydrogens is 317 g/mol. The first kappa shape index (κ1) is 17.8. The van der Waals surface area contributed by atoms with Gasteiger partial charge in [0.25, 0.3) is 0 Å². The second kappa shape index (κ2) is 6.81. The maximum atomic E-state index is 13.7. The van der Waals surface area contributed by atoms with Crippen LogP contribution in [0, 0.1) is 5.82 Å². The summed E-state index contributed by atoms with van der Waals surface area (Å²) in [6.07, 6.45) is -3.90. The SMILES string of the molecule is CC[N+](CC)=c1ssc(C(F)(F)C(F)F)c1F.[Cl-]. The molecule has 0 spiro atoms. The lowest BCUT2D eigenvalue weighted by molar-refractivity contribution is -0.134. The largest absolute Gasteiger partial charge is 1.00 e. The molecule has 0 N–H and O–H groups in total. The molecule has 106 valence electrons. The van der Waals surface area contributed by atoms with E-state index in [4.69, 9.17) is 0 Å². The van der Waals surface area contributed by atoms with E-state index >= 15 is 0 Å². The molecule has 0 bridgehead atoms. The molecule has 0 amide bonds. The summed E-state index contributed by atoms with van der Waals surface area (Å²) in [4.78, 5) is -1.18. The average molecular weight is 328 g/mol. The lowest BCUT2D eigenvalue weighted by Gasteiger charge is -2.11. The number of hydrogen-bond donors (Lipinski definition) is 0. The van der Waals surface area contributed by atoms with Gasteiger partial charge in [0.2, 0.25) is 5.82 Å². The van der Waals surface area contributed by atoms with Gasteiger partial charge in [0.05, 0.1) is 0 Å². The molecule has 9 heteroatoms. The summed E-state index contributed by atoms with van der Waals surface area (Å²) in [6, 6.07) is 0. The zero-order chi connectivity index (χ0) is 13.2. The van der Waals surface area contributed by atoms with Gasteiger partial charge in [-0.3, -0.25) is 0 Å². The third-order valence-corrected chi connectivity index (χ3v) is 4.74. The Morgan fingerprint density at radius 1 is 1.17 bits per heavy atom. The highest BCUT2D eigenvalue weighted by Gasteiger charge is 2.47. The van der Waals surface area contributed by atoms with Crippen molar-refractivity contribution in [2.45, 2.75) is 26.2 Å². The van der Waals surface area contributed by atoms with Gasteiger partial charge in [-0.25, -0.2) is 13.4 Å². The fraction of sp³-hybridized carbons (Fsp3) is 0.667. The molecule has 1 rings (SSSR count). The topological polar surface area (TPSA) is 3.01 Å². The monoisotopic (exact) mass is 327 g/mol. The van der Waals surface area contributed by atoms with E-state index in [1.165, 1.54) is 4.58 Å². The maximum Gasteiger partial charge on any atom is 0.345 e.